The number of hydrogen-bond donors (Lipinski definition) is 3. The molecule has 1 unspecified atom stereocenters. The molecular formula is C23H14Cl3F10N3O4. The molecule has 0 aliphatic carbocycles. The van der Waals surface area contributed by atoms with Crippen LogP contribution in [0.2, 0.25) is 15.1 Å². The lowest BCUT2D eigenvalue weighted by Crippen LogP contribution is -2.51. The number of alkyl halides is 9. The molecule has 20 heteroatoms. The quantitative estimate of drug-likeness (QED) is 0.158. The molecule has 0 aliphatic rings. The van der Waals surface area contributed by atoms with E-state index in [1.54, 1.807) is 0 Å². The highest BCUT2D eigenvalue weighted by molar-refractivity contribution is 6.48. The molecule has 0 bridgehead atoms. The molecule has 0 aliphatic heterocycles. The monoisotopic (exact) mass is 691 g/mol. The van der Waals surface area contributed by atoms with Crippen molar-refractivity contribution in [1.29, 1.82) is 0 Å². The van der Waals surface area contributed by atoms with Gasteiger partial charge in [-0.05, 0) is 35.9 Å². The summed E-state index contributed by atoms with van der Waals surface area (Å²) in [5.74, 6) is -8.23. The first kappa shape index (κ1) is 35.8. The van der Waals surface area contributed by atoms with Crippen LogP contribution in [0.25, 0.3) is 5.83 Å². The zero-order valence-corrected chi connectivity index (χ0v) is 22.8. The maximum atomic E-state index is 15.0. The number of allylic oxidation sites excluding steroid dienone is 1. The smallest absolute Gasteiger partial charge is 0.423 e. The van der Waals surface area contributed by atoms with E-state index in [-0.39, 0.29) is 28.2 Å². The van der Waals surface area contributed by atoms with E-state index in [4.69, 9.17) is 39.9 Å². The molecule has 43 heavy (non-hydrogen) atoms. The van der Waals surface area contributed by atoms with Gasteiger partial charge in [0, 0.05) is 5.56 Å². The Morgan fingerprint density at radius 2 is 1.49 bits per heavy atom. The van der Waals surface area contributed by atoms with Gasteiger partial charge in [0.25, 0.3) is 5.91 Å². The van der Waals surface area contributed by atoms with E-state index in [2.05, 4.69) is 0 Å². The lowest BCUT2D eigenvalue weighted by Gasteiger charge is -2.23. The molecular weight excluding hydrogens is 679 g/mol. The van der Waals surface area contributed by atoms with Crippen LogP contribution in [0.1, 0.15) is 33.0 Å². The van der Waals surface area contributed by atoms with Crippen LogP contribution in [0.4, 0.5) is 48.7 Å². The van der Waals surface area contributed by atoms with Gasteiger partial charge in [-0.2, -0.15) is 39.5 Å². The van der Waals surface area contributed by atoms with Crippen molar-refractivity contribution in [3.05, 3.63) is 73.7 Å². The maximum Gasteiger partial charge on any atom is 0.423 e. The second-order valence-corrected chi connectivity index (χ2v) is 9.48. The average molecular weight is 693 g/mol. The number of nitrogens with one attached hydrogen (secondary N) is 2. The van der Waals surface area contributed by atoms with Gasteiger partial charge in [-0.1, -0.05) is 40.9 Å². The SMILES string of the molecule is O=C(O)NN(CC(=O)NCC(F)(F)F)C(=O)c1ccc(/C(F)=C/C(c2cc(Cl)c(Cl)c(Cl)c2)C(F)(F)F)cc1C(F)(F)F. The fourth-order valence-electron chi connectivity index (χ4n) is 3.31. The lowest BCUT2D eigenvalue weighted by atomic mass is 9.95. The van der Waals surface area contributed by atoms with Gasteiger partial charge in [0.15, 0.2) is 0 Å². The number of benzene rings is 2. The minimum absolute atomic E-state index is 0.0724. The molecule has 0 saturated carbocycles. The molecule has 3 amide bonds. The predicted molar refractivity (Wildman–Crippen MR) is 132 cm³/mol. The summed E-state index contributed by atoms with van der Waals surface area (Å²) >= 11 is 17.2. The number of hydrazine groups is 1. The Morgan fingerprint density at radius 1 is 0.930 bits per heavy atom. The first-order chi connectivity index (χ1) is 19.5. The highest BCUT2D eigenvalue weighted by Crippen LogP contribution is 2.43. The van der Waals surface area contributed by atoms with Crippen LogP contribution in [-0.2, 0) is 11.0 Å². The summed E-state index contributed by atoms with van der Waals surface area (Å²) in [6.45, 7) is -3.46. The van der Waals surface area contributed by atoms with Crippen LogP contribution in [0.5, 0.6) is 0 Å². The molecule has 3 N–H and O–H groups in total. The largest absolute Gasteiger partial charge is 0.464 e. The lowest BCUT2D eigenvalue weighted by molar-refractivity contribution is -0.140. The highest BCUT2D eigenvalue weighted by atomic mass is 35.5. The number of halogens is 13. The number of hydrogen-bond acceptors (Lipinski definition) is 3. The Kier molecular flexibility index (Phi) is 11.2. The van der Waals surface area contributed by atoms with Crippen LogP contribution in [0, 0.1) is 0 Å². The minimum atomic E-state index is -5.52. The van der Waals surface area contributed by atoms with E-state index >= 15 is 4.39 Å². The summed E-state index contributed by atoms with van der Waals surface area (Å²) in [6.07, 6.45) is -17.9. The van der Waals surface area contributed by atoms with Crippen molar-refractivity contribution >= 4 is 58.5 Å². The van der Waals surface area contributed by atoms with Gasteiger partial charge < -0.3 is 10.4 Å². The second kappa shape index (κ2) is 13.5. The number of carbonyl (C=O) groups is 3. The van der Waals surface area contributed by atoms with Gasteiger partial charge >= 0.3 is 24.6 Å². The maximum absolute atomic E-state index is 15.0. The molecule has 2 aromatic carbocycles. The molecule has 236 valence electrons. The predicted octanol–water partition coefficient (Wildman–Crippen LogP) is 7.63. The van der Waals surface area contributed by atoms with E-state index in [0.717, 1.165) is 0 Å². The van der Waals surface area contributed by atoms with E-state index in [1.807, 2.05) is 0 Å². The summed E-state index contributed by atoms with van der Waals surface area (Å²) in [5, 5.41) is 8.66. The summed E-state index contributed by atoms with van der Waals surface area (Å²) in [4.78, 5) is 35.5. The van der Waals surface area contributed by atoms with Crippen LogP contribution < -0.4 is 10.7 Å². The Bertz CT molecular complexity index is 1410. The van der Waals surface area contributed by atoms with E-state index < -0.39 is 93.6 Å². The molecule has 0 radical (unpaired) electrons. The first-order valence-electron chi connectivity index (χ1n) is 11.0. The van der Waals surface area contributed by atoms with Crippen molar-refractivity contribution in [2.45, 2.75) is 24.4 Å². The summed E-state index contributed by atoms with van der Waals surface area (Å²) in [5.41, 5.74) is -4.04. The summed E-state index contributed by atoms with van der Waals surface area (Å²) in [7, 11) is 0. The Labute approximate surface area is 248 Å². The van der Waals surface area contributed by atoms with Gasteiger partial charge in [-0.3, -0.25) is 9.59 Å². The minimum Gasteiger partial charge on any atom is -0.464 e. The van der Waals surface area contributed by atoms with Crippen molar-refractivity contribution in [1.82, 2.24) is 15.8 Å². The molecule has 0 spiro atoms. The zero-order valence-electron chi connectivity index (χ0n) is 20.5. The number of nitrogens with zero attached hydrogens (tertiary/aromatic N) is 1. The Morgan fingerprint density at radius 3 is 1.95 bits per heavy atom. The molecule has 0 heterocycles. The zero-order chi connectivity index (χ0) is 33.1. The van der Waals surface area contributed by atoms with Crippen molar-refractivity contribution in [2.75, 3.05) is 13.1 Å². The fraction of sp³-hybridized carbons (Fsp3) is 0.261. The fourth-order valence-corrected chi connectivity index (χ4v) is 3.93. The van der Waals surface area contributed by atoms with Gasteiger partial charge in [0.05, 0.1) is 26.2 Å². The van der Waals surface area contributed by atoms with Gasteiger partial charge in [0.1, 0.15) is 24.8 Å². The molecule has 7 nitrogen and oxygen atoms in total. The Balaban J connectivity index is 2.56. The van der Waals surface area contributed by atoms with E-state index in [0.29, 0.717) is 18.2 Å². The second-order valence-electron chi connectivity index (χ2n) is 8.29. The molecule has 2 rings (SSSR count). The van der Waals surface area contributed by atoms with Crippen LogP contribution >= 0.6 is 34.8 Å². The third kappa shape index (κ3) is 10.1. The molecule has 0 fully saturated rings. The van der Waals surface area contributed by atoms with Crippen molar-refractivity contribution < 1.29 is 63.4 Å². The standard InChI is InChI=1S/C23H14Cl3F10N3O4/c24-14-4-10(5-15(25)18(14)26)12(22(31,32)33)6-16(27)9-1-2-11(13(3-9)23(34,35)36)19(41)39(38-20(42)43)7-17(40)37-8-21(28,29)30/h1-6,12,38H,7-8H2,(H,37,40)(H,42,43)/b16-6-. The van der Waals surface area contributed by atoms with Crippen LogP contribution in [0.3, 0.4) is 0 Å². The van der Waals surface area contributed by atoms with Crippen LogP contribution in [-0.4, -0.2) is 53.5 Å². The van der Waals surface area contributed by atoms with Gasteiger partial charge in [0.2, 0.25) is 5.91 Å². The van der Waals surface area contributed by atoms with Crippen LogP contribution in [0.15, 0.2) is 36.4 Å². The Hall–Kier alpha value is -3.44. The van der Waals surface area contributed by atoms with Gasteiger partial charge in [-0.25, -0.2) is 19.6 Å². The third-order valence-corrected chi connectivity index (χ3v) is 6.32. The third-order valence-electron chi connectivity index (χ3n) is 5.13. The normalized spacial score (nSPS) is 13.4. The number of carboxylic acid groups (broad SMARTS) is 1. The highest BCUT2D eigenvalue weighted by Gasteiger charge is 2.41. The molecule has 1 atom stereocenters. The van der Waals surface area contributed by atoms with E-state index in [9.17, 15) is 53.9 Å². The molecule has 2 aromatic rings. The summed E-state index contributed by atoms with van der Waals surface area (Å²) in [6, 6.07) is 2.03. The molecule has 0 aromatic heterocycles. The number of rotatable bonds is 7. The van der Waals surface area contributed by atoms with Crippen molar-refractivity contribution in [3.63, 3.8) is 0 Å². The van der Waals surface area contributed by atoms with Crippen molar-refractivity contribution in [3.8, 4) is 0 Å². The average Bonchev–Trinajstić information content (AvgIpc) is 2.85. The van der Waals surface area contributed by atoms with E-state index in [1.165, 1.54) is 10.7 Å². The molecule has 0 saturated heterocycles. The number of amides is 3. The summed E-state index contributed by atoms with van der Waals surface area (Å²) < 4.78 is 135. The topological polar surface area (TPSA) is 98.7 Å². The number of carbonyl (C=O) groups excluding carboxylic acids is 2. The van der Waals surface area contributed by atoms with Gasteiger partial charge in [-0.15, -0.1) is 0 Å². The van der Waals surface area contributed by atoms with Crippen molar-refractivity contribution in [2.24, 2.45) is 0 Å². The first-order valence-corrected chi connectivity index (χ1v) is 12.1.